The van der Waals surface area contributed by atoms with Gasteiger partial charge in [0, 0.05) is 15.0 Å². The van der Waals surface area contributed by atoms with Crippen LogP contribution in [0.1, 0.15) is 5.56 Å². The molecule has 0 heterocycles. The second kappa shape index (κ2) is 5.61. The van der Waals surface area contributed by atoms with Crippen LogP contribution in [-0.4, -0.2) is 6.54 Å². The molecule has 0 saturated heterocycles. The minimum Gasteiger partial charge on any atom is -0.0899 e. The van der Waals surface area contributed by atoms with Crippen molar-refractivity contribution in [3.05, 3.63) is 49.9 Å². The van der Waals surface area contributed by atoms with Crippen LogP contribution in [0.4, 0.5) is 0 Å². The number of azide groups is 1. The van der Waals surface area contributed by atoms with E-state index in [0.29, 0.717) is 6.54 Å². The van der Waals surface area contributed by atoms with Crippen molar-refractivity contribution in [3.8, 4) is 0 Å². The number of halogens is 1. The van der Waals surface area contributed by atoms with Gasteiger partial charge in [0.25, 0.3) is 0 Å². The lowest BCUT2D eigenvalue weighted by Crippen LogP contribution is -1.73. The van der Waals surface area contributed by atoms with Gasteiger partial charge in [-0.25, -0.2) is 0 Å². The molecular formula is C9H8IN3. The average molecular weight is 285 g/mol. The van der Waals surface area contributed by atoms with E-state index >= 15 is 0 Å². The molecule has 0 spiro atoms. The highest BCUT2D eigenvalue weighted by Gasteiger charge is 1.85. The fraction of sp³-hybridized carbons (Fsp3) is 0.111. The minimum absolute atomic E-state index is 0.405. The Labute approximate surface area is 90.2 Å². The van der Waals surface area contributed by atoms with Crippen LogP contribution in [0.5, 0.6) is 0 Å². The Morgan fingerprint density at radius 2 is 2.08 bits per heavy atom. The topological polar surface area (TPSA) is 48.8 Å². The first-order chi connectivity index (χ1) is 6.33. The lowest BCUT2D eigenvalue weighted by atomic mass is 10.2. The van der Waals surface area contributed by atoms with Crippen LogP contribution in [0.3, 0.4) is 0 Å². The fourth-order valence-corrected chi connectivity index (χ4v) is 1.21. The van der Waals surface area contributed by atoms with Gasteiger partial charge in [-0.3, -0.25) is 0 Å². The fourth-order valence-electron chi connectivity index (χ4n) is 0.846. The van der Waals surface area contributed by atoms with Gasteiger partial charge in [0.2, 0.25) is 0 Å². The first-order valence-electron chi connectivity index (χ1n) is 3.76. The van der Waals surface area contributed by atoms with Gasteiger partial charge in [-0.15, -0.1) is 0 Å². The van der Waals surface area contributed by atoms with E-state index in [9.17, 15) is 0 Å². The van der Waals surface area contributed by atoms with Crippen LogP contribution in [0.25, 0.3) is 16.5 Å². The minimum atomic E-state index is 0.405. The Morgan fingerprint density at radius 1 is 1.38 bits per heavy atom. The summed E-state index contributed by atoms with van der Waals surface area (Å²) in [6.45, 7) is 0.405. The molecule has 0 fully saturated rings. The lowest BCUT2D eigenvalue weighted by Gasteiger charge is -1.92. The molecule has 0 atom stereocenters. The molecule has 0 N–H and O–H groups in total. The second-order valence-electron chi connectivity index (χ2n) is 2.37. The first-order valence-corrected chi connectivity index (χ1v) is 4.84. The molecule has 0 aliphatic rings. The summed E-state index contributed by atoms with van der Waals surface area (Å²) in [5.74, 6) is 0. The quantitative estimate of drug-likeness (QED) is 0.352. The van der Waals surface area contributed by atoms with Crippen LogP contribution in [0.15, 0.2) is 35.5 Å². The molecule has 1 aromatic carbocycles. The molecule has 3 nitrogen and oxygen atoms in total. The van der Waals surface area contributed by atoms with Crippen molar-refractivity contribution in [2.24, 2.45) is 5.11 Å². The highest BCUT2D eigenvalue weighted by Crippen LogP contribution is 2.07. The average Bonchev–Trinajstić information content (AvgIpc) is 2.15. The van der Waals surface area contributed by atoms with E-state index in [1.807, 2.05) is 36.4 Å². The molecule has 0 aliphatic heterocycles. The van der Waals surface area contributed by atoms with Crippen LogP contribution in [-0.2, 0) is 0 Å². The third-order valence-electron chi connectivity index (χ3n) is 1.43. The smallest absolute Gasteiger partial charge is 0.0443 e. The highest BCUT2D eigenvalue weighted by molar-refractivity contribution is 14.1. The Balaban J connectivity index is 2.58. The van der Waals surface area contributed by atoms with Crippen molar-refractivity contribution in [2.75, 3.05) is 6.54 Å². The standard InChI is InChI=1S/C9H8IN3/c10-9-5-3-8(4-6-9)2-1-7-12-13-11/h1-6H,7H2. The van der Waals surface area contributed by atoms with Crippen LogP contribution in [0.2, 0.25) is 0 Å². The van der Waals surface area contributed by atoms with E-state index in [-0.39, 0.29) is 0 Å². The first kappa shape index (κ1) is 10.1. The van der Waals surface area contributed by atoms with E-state index in [1.165, 1.54) is 3.57 Å². The summed E-state index contributed by atoms with van der Waals surface area (Å²) in [6.07, 6.45) is 3.77. The predicted octanol–water partition coefficient (Wildman–Crippen LogP) is 3.61. The summed E-state index contributed by atoms with van der Waals surface area (Å²) in [5, 5.41) is 3.40. The van der Waals surface area contributed by atoms with Crippen molar-refractivity contribution in [1.29, 1.82) is 0 Å². The molecule has 0 amide bonds. The predicted molar refractivity (Wildman–Crippen MR) is 62.2 cm³/mol. The molecule has 0 aliphatic carbocycles. The van der Waals surface area contributed by atoms with Crippen molar-refractivity contribution in [1.82, 2.24) is 0 Å². The number of hydrogen-bond donors (Lipinski definition) is 0. The van der Waals surface area contributed by atoms with E-state index < -0.39 is 0 Å². The van der Waals surface area contributed by atoms with E-state index in [4.69, 9.17) is 5.53 Å². The second-order valence-corrected chi connectivity index (χ2v) is 3.61. The summed E-state index contributed by atoms with van der Waals surface area (Å²) in [4.78, 5) is 2.65. The molecule has 0 radical (unpaired) electrons. The molecule has 13 heavy (non-hydrogen) atoms. The van der Waals surface area contributed by atoms with Crippen molar-refractivity contribution in [3.63, 3.8) is 0 Å². The molecule has 0 bridgehead atoms. The van der Waals surface area contributed by atoms with Gasteiger partial charge in [-0.2, -0.15) is 0 Å². The lowest BCUT2D eigenvalue weighted by molar-refractivity contribution is 1.22. The molecule has 0 unspecified atom stereocenters. The van der Waals surface area contributed by atoms with Crippen LogP contribution in [0, 0.1) is 3.57 Å². The molecule has 1 aromatic rings. The summed E-state index contributed by atoms with van der Waals surface area (Å²) < 4.78 is 1.21. The largest absolute Gasteiger partial charge is 0.0899 e. The maximum absolute atomic E-state index is 8.02. The molecule has 0 aromatic heterocycles. The van der Waals surface area contributed by atoms with Crippen molar-refractivity contribution in [2.45, 2.75) is 0 Å². The highest BCUT2D eigenvalue weighted by atomic mass is 127. The number of nitrogens with zero attached hydrogens (tertiary/aromatic N) is 3. The van der Waals surface area contributed by atoms with E-state index in [0.717, 1.165) is 5.56 Å². The zero-order valence-corrected chi connectivity index (χ0v) is 9.05. The molecule has 1 rings (SSSR count). The van der Waals surface area contributed by atoms with Gasteiger partial charge in [-0.05, 0) is 45.8 Å². The van der Waals surface area contributed by atoms with Gasteiger partial charge in [-0.1, -0.05) is 29.4 Å². The van der Waals surface area contributed by atoms with Gasteiger partial charge < -0.3 is 0 Å². The summed E-state index contributed by atoms with van der Waals surface area (Å²) in [5.41, 5.74) is 9.14. The van der Waals surface area contributed by atoms with Gasteiger partial charge in [0.1, 0.15) is 0 Å². The normalized spacial score (nSPS) is 9.92. The van der Waals surface area contributed by atoms with E-state index in [2.05, 4.69) is 32.6 Å². The monoisotopic (exact) mass is 285 g/mol. The zero-order valence-electron chi connectivity index (χ0n) is 6.89. The molecule has 66 valence electrons. The van der Waals surface area contributed by atoms with Gasteiger partial charge in [0.05, 0.1) is 0 Å². The Morgan fingerprint density at radius 3 is 2.69 bits per heavy atom. The van der Waals surface area contributed by atoms with Crippen molar-refractivity contribution >= 4 is 28.7 Å². The number of rotatable bonds is 3. The Hall–Kier alpha value is -1.000. The van der Waals surface area contributed by atoms with Crippen molar-refractivity contribution < 1.29 is 0 Å². The molecular weight excluding hydrogens is 277 g/mol. The van der Waals surface area contributed by atoms with Crippen LogP contribution >= 0.6 is 22.6 Å². The maximum atomic E-state index is 8.02. The third kappa shape index (κ3) is 3.96. The Kier molecular flexibility index (Phi) is 4.35. The number of hydrogen-bond acceptors (Lipinski definition) is 1. The summed E-state index contributed by atoms with van der Waals surface area (Å²) in [6, 6.07) is 8.12. The Bertz CT molecular complexity index is 336. The van der Waals surface area contributed by atoms with E-state index in [1.54, 1.807) is 0 Å². The van der Waals surface area contributed by atoms with Crippen LogP contribution < -0.4 is 0 Å². The molecule has 4 heteroatoms. The number of benzene rings is 1. The van der Waals surface area contributed by atoms with Gasteiger partial charge in [0.15, 0.2) is 0 Å². The zero-order chi connectivity index (χ0) is 9.52. The maximum Gasteiger partial charge on any atom is 0.0443 e. The third-order valence-corrected chi connectivity index (χ3v) is 2.15. The summed E-state index contributed by atoms with van der Waals surface area (Å²) >= 11 is 2.26. The summed E-state index contributed by atoms with van der Waals surface area (Å²) in [7, 11) is 0. The van der Waals surface area contributed by atoms with Gasteiger partial charge >= 0.3 is 0 Å². The SMILES string of the molecule is [N-]=[N+]=NCC=Cc1ccc(I)cc1. The molecule has 0 saturated carbocycles.